The van der Waals surface area contributed by atoms with Crippen molar-refractivity contribution < 1.29 is 8.78 Å². The Bertz CT molecular complexity index is 883. The normalized spacial score (nSPS) is 10.8. The molecule has 6 heteroatoms. The Morgan fingerprint density at radius 2 is 1.95 bits per heavy atom. The minimum absolute atomic E-state index is 0.0562. The van der Waals surface area contributed by atoms with Crippen molar-refractivity contribution in [2.24, 2.45) is 0 Å². The Morgan fingerprint density at radius 3 is 2.71 bits per heavy atom. The van der Waals surface area contributed by atoms with Crippen molar-refractivity contribution in [3.05, 3.63) is 58.2 Å². The number of hydrogen-bond donors (Lipinski definition) is 1. The number of H-pyrrole nitrogens is 1. The number of nitrogens with zero attached hydrogens (tertiary/aromatic N) is 1. The van der Waals surface area contributed by atoms with Gasteiger partial charge >= 0.3 is 0 Å². The minimum Gasteiger partial charge on any atom is -0.361 e. The Morgan fingerprint density at radius 1 is 1.14 bits per heavy atom. The average molecular weight is 365 g/mol. The van der Waals surface area contributed by atoms with Crippen molar-refractivity contribution in [1.29, 1.82) is 5.26 Å². The van der Waals surface area contributed by atoms with Crippen molar-refractivity contribution in [3.8, 4) is 6.07 Å². The lowest BCUT2D eigenvalue weighted by Crippen LogP contribution is -1.87. The Hall–Kier alpha value is -1.84. The van der Waals surface area contributed by atoms with Crippen LogP contribution in [0.5, 0.6) is 0 Å². The number of hydrogen-bond acceptors (Lipinski definition) is 2. The van der Waals surface area contributed by atoms with Crippen LogP contribution in [0.15, 0.2) is 50.8 Å². The summed E-state index contributed by atoms with van der Waals surface area (Å²) in [4.78, 5) is 3.95. The van der Waals surface area contributed by atoms with Gasteiger partial charge in [-0.25, -0.2) is 8.78 Å². The molecule has 0 saturated heterocycles. The highest BCUT2D eigenvalue weighted by molar-refractivity contribution is 9.10. The average Bonchev–Trinajstić information content (AvgIpc) is 2.93. The molecule has 0 spiro atoms. The molecule has 0 bridgehead atoms. The number of rotatable bonds is 2. The van der Waals surface area contributed by atoms with Crippen LogP contribution < -0.4 is 0 Å². The van der Waals surface area contributed by atoms with Crippen molar-refractivity contribution in [2.45, 2.75) is 9.79 Å². The second kappa shape index (κ2) is 5.51. The smallest absolute Gasteiger partial charge is 0.141 e. The summed E-state index contributed by atoms with van der Waals surface area (Å²) in [7, 11) is 0. The zero-order valence-corrected chi connectivity index (χ0v) is 12.9. The molecule has 0 saturated carbocycles. The molecule has 0 radical (unpaired) electrons. The van der Waals surface area contributed by atoms with E-state index in [2.05, 4.69) is 20.9 Å². The quantitative estimate of drug-likeness (QED) is 0.675. The third kappa shape index (κ3) is 2.55. The van der Waals surface area contributed by atoms with Crippen LogP contribution in [0.1, 0.15) is 5.56 Å². The summed E-state index contributed by atoms with van der Waals surface area (Å²) in [5.74, 6) is -0.966. The molecular formula is C15H7BrF2N2S. The molecule has 0 amide bonds. The van der Waals surface area contributed by atoms with Crippen LogP contribution in [0.25, 0.3) is 10.9 Å². The molecule has 2 nitrogen and oxygen atoms in total. The topological polar surface area (TPSA) is 39.6 Å². The molecule has 104 valence electrons. The van der Waals surface area contributed by atoms with Gasteiger partial charge in [0, 0.05) is 26.5 Å². The van der Waals surface area contributed by atoms with Gasteiger partial charge in [-0.15, -0.1) is 0 Å². The lowest BCUT2D eigenvalue weighted by atomic mass is 10.2. The second-order valence-corrected chi connectivity index (χ2v) is 6.17. The maximum atomic E-state index is 14.2. The van der Waals surface area contributed by atoms with E-state index in [0.717, 1.165) is 17.1 Å². The summed E-state index contributed by atoms with van der Waals surface area (Å²) in [6.07, 6.45) is 1.73. The molecule has 0 atom stereocenters. The lowest BCUT2D eigenvalue weighted by Gasteiger charge is -2.08. The zero-order valence-electron chi connectivity index (χ0n) is 10.5. The van der Waals surface area contributed by atoms with Gasteiger partial charge in [-0.3, -0.25) is 0 Å². The van der Waals surface area contributed by atoms with E-state index >= 15 is 0 Å². The van der Waals surface area contributed by atoms with Crippen LogP contribution in [0.4, 0.5) is 8.78 Å². The summed E-state index contributed by atoms with van der Waals surface area (Å²) >= 11 is 4.54. The first kappa shape index (κ1) is 14.1. The van der Waals surface area contributed by atoms with E-state index in [0.29, 0.717) is 19.8 Å². The number of halogens is 3. The summed E-state index contributed by atoms with van der Waals surface area (Å²) in [5.41, 5.74) is 0.639. The lowest BCUT2D eigenvalue weighted by molar-refractivity contribution is 0.602. The molecule has 0 aliphatic carbocycles. The predicted molar refractivity (Wildman–Crippen MR) is 81.2 cm³/mol. The van der Waals surface area contributed by atoms with Crippen molar-refractivity contribution in [2.75, 3.05) is 0 Å². The molecule has 0 aliphatic heterocycles. The molecular weight excluding hydrogens is 358 g/mol. The standard InChI is InChI=1S/C15H7BrF2N2S/c16-14-10-3-4-20-13(10)6-12(18)15(14)21-9-1-2-11(17)8(5-9)7-19/h1-6,20H. The van der Waals surface area contributed by atoms with Gasteiger partial charge in [0.1, 0.15) is 17.7 Å². The van der Waals surface area contributed by atoms with Crippen molar-refractivity contribution in [3.63, 3.8) is 0 Å². The van der Waals surface area contributed by atoms with E-state index in [-0.39, 0.29) is 11.4 Å². The largest absolute Gasteiger partial charge is 0.361 e. The third-order valence-electron chi connectivity index (χ3n) is 2.98. The van der Waals surface area contributed by atoms with E-state index < -0.39 is 5.82 Å². The molecule has 1 N–H and O–H groups in total. The van der Waals surface area contributed by atoms with E-state index in [4.69, 9.17) is 5.26 Å². The minimum atomic E-state index is -0.581. The van der Waals surface area contributed by atoms with Crippen LogP contribution >= 0.6 is 27.7 Å². The highest BCUT2D eigenvalue weighted by atomic mass is 79.9. The number of nitriles is 1. The molecule has 0 aliphatic rings. The summed E-state index contributed by atoms with van der Waals surface area (Å²) in [5, 5.41) is 9.71. The first-order valence-corrected chi connectivity index (χ1v) is 7.53. The SMILES string of the molecule is N#Cc1cc(Sc2c(F)cc3[nH]ccc3c2Br)ccc1F. The molecule has 1 aromatic heterocycles. The van der Waals surface area contributed by atoms with Gasteiger partial charge in [-0.2, -0.15) is 5.26 Å². The Balaban J connectivity index is 2.08. The predicted octanol–water partition coefficient (Wildman–Crippen LogP) is 5.23. The summed E-state index contributed by atoms with van der Waals surface area (Å²) in [6.45, 7) is 0. The van der Waals surface area contributed by atoms with Gasteiger partial charge in [0.15, 0.2) is 0 Å². The first-order chi connectivity index (χ1) is 10.1. The van der Waals surface area contributed by atoms with Crippen LogP contribution in [-0.2, 0) is 0 Å². The highest BCUT2D eigenvalue weighted by Gasteiger charge is 2.14. The molecule has 21 heavy (non-hydrogen) atoms. The van der Waals surface area contributed by atoms with E-state index in [1.807, 2.05) is 6.07 Å². The summed E-state index contributed by atoms with van der Waals surface area (Å²) < 4.78 is 28.1. The van der Waals surface area contributed by atoms with Gasteiger partial charge in [0.25, 0.3) is 0 Å². The maximum Gasteiger partial charge on any atom is 0.141 e. The fraction of sp³-hybridized carbons (Fsp3) is 0. The van der Waals surface area contributed by atoms with Gasteiger partial charge in [0.2, 0.25) is 0 Å². The Kier molecular flexibility index (Phi) is 3.70. The molecule has 0 fully saturated rings. The molecule has 2 aromatic carbocycles. The monoisotopic (exact) mass is 364 g/mol. The molecule has 1 heterocycles. The van der Waals surface area contributed by atoms with E-state index in [1.165, 1.54) is 24.3 Å². The van der Waals surface area contributed by atoms with Gasteiger partial charge in [-0.1, -0.05) is 11.8 Å². The molecule has 0 unspecified atom stereocenters. The van der Waals surface area contributed by atoms with Crippen LogP contribution in [0.3, 0.4) is 0 Å². The molecule has 3 aromatic rings. The van der Waals surface area contributed by atoms with Crippen LogP contribution in [0, 0.1) is 23.0 Å². The zero-order chi connectivity index (χ0) is 15.0. The van der Waals surface area contributed by atoms with E-state index in [1.54, 1.807) is 12.3 Å². The van der Waals surface area contributed by atoms with Gasteiger partial charge in [-0.05, 0) is 46.3 Å². The first-order valence-electron chi connectivity index (χ1n) is 5.92. The number of fused-ring (bicyclic) bond motifs is 1. The highest BCUT2D eigenvalue weighted by Crippen LogP contribution is 2.40. The summed E-state index contributed by atoms with van der Waals surface area (Å²) in [6, 6.07) is 9.17. The van der Waals surface area contributed by atoms with Gasteiger partial charge < -0.3 is 4.98 Å². The molecule has 3 rings (SSSR count). The van der Waals surface area contributed by atoms with Gasteiger partial charge in [0.05, 0.1) is 10.5 Å². The second-order valence-electron chi connectivity index (χ2n) is 4.30. The maximum absolute atomic E-state index is 14.2. The number of aromatic amines is 1. The van der Waals surface area contributed by atoms with Crippen molar-refractivity contribution >= 4 is 38.6 Å². The number of aromatic nitrogens is 1. The van der Waals surface area contributed by atoms with Crippen LogP contribution in [-0.4, -0.2) is 4.98 Å². The Labute approximate surface area is 131 Å². The fourth-order valence-electron chi connectivity index (χ4n) is 1.98. The fourth-order valence-corrected chi connectivity index (χ4v) is 3.66. The van der Waals surface area contributed by atoms with E-state index in [9.17, 15) is 8.78 Å². The number of nitrogens with one attached hydrogen (secondary N) is 1. The number of benzene rings is 2. The van der Waals surface area contributed by atoms with Crippen LogP contribution in [0.2, 0.25) is 0 Å². The third-order valence-corrected chi connectivity index (χ3v) is 5.16. The van der Waals surface area contributed by atoms with Crippen molar-refractivity contribution in [1.82, 2.24) is 4.98 Å².